The van der Waals surface area contributed by atoms with Crippen molar-refractivity contribution in [3.63, 3.8) is 0 Å². The first kappa shape index (κ1) is 14.2. The van der Waals surface area contributed by atoms with Gasteiger partial charge in [-0.2, -0.15) is 0 Å². The van der Waals surface area contributed by atoms with E-state index in [1.54, 1.807) is 18.2 Å². The second-order valence-corrected chi connectivity index (χ2v) is 5.60. The number of nitrogen functional groups attached to an aromatic ring is 1. The van der Waals surface area contributed by atoms with Crippen LogP contribution in [-0.2, 0) is 5.41 Å². The van der Waals surface area contributed by atoms with Crippen molar-refractivity contribution in [1.82, 2.24) is 9.97 Å². The topological polar surface area (TPSA) is 61.0 Å². The van der Waals surface area contributed by atoms with Crippen LogP contribution in [0.2, 0.25) is 0 Å². The van der Waals surface area contributed by atoms with E-state index in [4.69, 9.17) is 10.5 Å². The fraction of sp³-hybridized carbons (Fsp3) is 0.333. The van der Waals surface area contributed by atoms with Gasteiger partial charge in [-0.05, 0) is 18.2 Å². The Kier molecular flexibility index (Phi) is 3.61. The van der Waals surface area contributed by atoms with Gasteiger partial charge in [-0.25, -0.2) is 14.4 Å². The van der Waals surface area contributed by atoms with Crippen molar-refractivity contribution in [2.24, 2.45) is 0 Å². The summed E-state index contributed by atoms with van der Waals surface area (Å²) in [7, 11) is 1.42. The van der Waals surface area contributed by atoms with Gasteiger partial charge < -0.3 is 10.5 Å². The van der Waals surface area contributed by atoms with Crippen molar-refractivity contribution in [3.05, 3.63) is 35.8 Å². The molecule has 2 rings (SSSR count). The number of halogens is 1. The van der Waals surface area contributed by atoms with Crippen LogP contribution in [0.15, 0.2) is 24.3 Å². The fourth-order valence-electron chi connectivity index (χ4n) is 1.78. The first-order chi connectivity index (χ1) is 9.31. The van der Waals surface area contributed by atoms with E-state index in [1.807, 2.05) is 20.8 Å². The van der Waals surface area contributed by atoms with Crippen molar-refractivity contribution in [2.45, 2.75) is 26.2 Å². The molecule has 1 aromatic heterocycles. The molecule has 0 aliphatic carbocycles. The number of nitrogens with two attached hydrogens (primary N) is 1. The molecule has 2 N–H and O–H groups in total. The van der Waals surface area contributed by atoms with Gasteiger partial charge in [0.25, 0.3) is 0 Å². The molecule has 0 fully saturated rings. The number of rotatable bonds is 2. The Morgan fingerprint density at radius 1 is 1.15 bits per heavy atom. The smallest absolute Gasteiger partial charge is 0.165 e. The largest absolute Gasteiger partial charge is 0.494 e. The molecule has 0 bridgehead atoms. The lowest BCUT2D eigenvalue weighted by Gasteiger charge is -2.18. The molecule has 0 radical (unpaired) electrons. The lowest BCUT2D eigenvalue weighted by molar-refractivity contribution is 0.386. The summed E-state index contributed by atoms with van der Waals surface area (Å²) >= 11 is 0. The van der Waals surface area contributed by atoms with Gasteiger partial charge in [-0.15, -0.1) is 0 Å². The monoisotopic (exact) mass is 275 g/mol. The molecule has 5 heteroatoms. The fourth-order valence-corrected chi connectivity index (χ4v) is 1.78. The SMILES string of the molecule is COc1ccc(-c2nc(N)cc(C(C)(C)C)n2)cc1F. The number of hydrogen-bond donors (Lipinski definition) is 1. The highest BCUT2D eigenvalue weighted by Crippen LogP contribution is 2.27. The molecule has 1 heterocycles. The van der Waals surface area contributed by atoms with E-state index in [1.165, 1.54) is 13.2 Å². The van der Waals surface area contributed by atoms with Crippen LogP contribution >= 0.6 is 0 Å². The summed E-state index contributed by atoms with van der Waals surface area (Å²) < 4.78 is 18.7. The number of aromatic nitrogens is 2. The van der Waals surface area contributed by atoms with Gasteiger partial charge >= 0.3 is 0 Å². The van der Waals surface area contributed by atoms with Gasteiger partial charge in [0, 0.05) is 17.0 Å². The average Bonchev–Trinajstić information content (AvgIpc) is 2.37. The summed E-state index contributed by atoms with van der Waals surface area (Å²) in [6, 6.07) is 6.35. The van der Waals surface area contributed by atoms with Crippen LogP contribution in [-0.4, -0.2) is 17.1 Å². The zero-order valence-corrected chi connectivity index (χ0v) is 12.1. The summed E-state index contributed by atoms with van der Waals surface area (Å²) in [6.45, 7) is 6.10. The van der Waals surface area contributed by atoms with E-state index >= 15 is 0 Å². The van der Waals surface area contributed by atoms with Crippen LogP contribution in [0.1, 0.15) is 26.5 Å². The van der Waals surface area contributed by atoms with Crippen LogP contribution in [0.5, 0.6) is 5.75 Å². The summed E-state index contributed by atoms with van der Waals surface area (Å²) in [5, 5.41) is 0. The molecule has 0 atom stereocenters. The van der Waals surface area contributed by atoms with E-state index in [9.17, 15) is 4.39 Å². The molecular formula is C15H18FN3O. The van der Waals surface area contributed by atoms with Crippen LogP contribution in [0.25, 0.3) is 11.4 Å². The molecule has 0 aliphatic rings. The van der Waals surface area contributed by atoms with Gasteiger partial charge in [0.05, 0.1) is 12.8 Å². The van der Waals surface area contributed by atoms with Crippen molar-refractivity contribution in [1.29, 1.82) is 0 Å². The minimum Gasteiger partial charge on any atom is -0.494 e. The summed E-state index contributed by atoms with van der Waals surface area (Å²) in [5.41, 5.74) is 7.05. The number of hydrogen-bond acceptors (Lipinski definition) is 4. The Balaban J connectivity index is 2.53. The molecule has 0 unspecified atom stereocenters. The Labute approximate surface area is 117 Å². The van der Waals surface area contributed by atoms with E-state index < -0.39 is 5.82 Å². The predicted molar refractivity (Wildman–Crippen MR) is 77.1 cm³/mol. The lowest BCUT2D eigenvalue weighted by atomic mass is 9.92. The maximum Gasteiger partial charge on any atom is 0.165 e. The zero-order valence-electron chi connectivity index (χ0n) is 12.1. The van der Waals surface area contributed by atoms with E-state index in [-0.39, 0.29) is 11.2 Å². The maximum absolute atomic E-state index is 13.8. The first-order valence-corrected chi connectivity index (χ1v) is 6.30. The highest BCUT2D eigenvalue weighted by atomic mass is 19.1. The normalized spacial score (nSPS) is 11.4. The second kappa shape index (κ2) is 5.07. The molecule has 0 saturated heterocycles. The molecule has 106 valence electrons. The molecular weight excluding hydrogens is 257 g/mol. The van der Waals surface area contributed by atoms with Crippen LogP contribution < -0.4 is 10.5 Å². The summed E-state index contributed by atoms with van der Waals surface area (Å²) in [4.78, 5) is 8.65. The molecule has 0 aliphatic heterocycles. The minimum atomic E-state index is -0.451. The van der Waals surface area contributed by atoms with Crippen molar-refractivity contribution in [3.8, 4) is 17.1 Å². The molecule has 0 saturated carbocycles. The van der Waals surface area contributed by atoms with Crippen molar-refractivity contribution in [2.75, 3.05) is 12.8 Å². The van der Waals surface area contributed by atoms with Gasteiger partial charge in [0.15, 0.2) is 17.4 Å². The molecule has 2 aromatic rings. The summed E-state index contributed by atoms with van der Waals surface area (Å²) in [5.74, 6) is 0.523. The van der Waals surface area contributed by atoms with E-state index in [0.29, 0.717) is 17.2 Å². The number of benzene rings is 1. The molecule has 1 aromatic carbocycles. The highest BCUT2D eigenvalue weighted by molar-refractivity contribution is 5.58. The summed E-state index contributed by atoms with van der Waals surface area (Å²) in [6.07, 6.45) is 0. The number of ether oxygens (including phenoxy) is 1. The number of nitrogens with zero attached hydrogens (tertiary/aromatic N) is 2. The first-order valence-electron chi connectivity index (χ1n) is 6.30. The quantitative estimate of drug-likeness (QED) is 0.914. The Morgan fingerprint density at radius 2 is 1.85 bits per heavy atom. The van der Waals surface area contributed by atoms with E-state index in [0.717, 1.165) is 5.69 Å². The van der Waals surface area contributed by atoms with Gasteiger partial charge in [0.1, 0.15) is 5.82 Å². The van der Waals surface area contributed by atoms with Gasteiger partial charge in [0.2, 0.25) is 0 Å². The van der Waals surface area contributed by atoms with Crippen LogP contribution in [0.4, 0.5) is 10.2 Å². The Morgan fingerprint density at radius 3 is 2.40 bits per heavy atom. The second-order valence-electron chi connectivity index (χ2n) is 5.60. The Hall–Kier alpha value is -2.17. The lowest BCUT2D eigenvalue weighted by Crippen LogP contribution is -2.15. The third kappa shape index (κ3) is 2.87. The Bertz CT molecular complexity index is 636. The minimum absolute atomic E-state index is 0.156. The van der Waals surface area contributed by atoms with E-state index in [2.05, 4.69) is 9.97 Å². The van der Waals surface area contributed by atoms with Crippen LogP contribution in [0.3, 0.4) is 0 Å². The molecule has 0 amide bonds. The van der Waals surface area contributed by atoms with Crippen LogP contribution in [0, 0.1) is 5.82 Å². The predicted octanol–water partition coefficient (Wildman–Crippen LogP) is 3.17. The van der Waals surface area contributed by atoms with Gasteiger partial charge in [-0.3, -0.25) is 0 Å². The molecule has 4 nitrogen and oxygen atoms in total. The maximum atomic E-state index is 13.8. The molecule has 0 spiro atoms. The zero-order chi connectivity index (χ0) is 14.9. The third-order valence-electron chi connectivity index (χ3n) is 2.92. The molecule has 20 heavy (non-hydrogen) atoms. The number of anilines is 1. The highest BCUT2D eigenvalue weighted by Gasteiger charge is 2.18. The number of methoxy groups -OCH3 is 1. The average molecular weight is 275 g/mol. The van der Waals surface area contributed by atoms with Crippen molar-refractivity contribution >= 4 is 5.82 Å². The third-order valence-corrected chi connectivity index (χ3v) is 2.92. The van der Waals surface area contributed by atoms with Gasteiger partial charge in [-0.1, -0.05) is 20.8 Å². The van der Waals surface area contributed by atoms with Crippen molar-refractivity contribution < 1.29 is 9.13 Å². The standard InChI is InChI=1S/C15H18FN3O/c1-15(2,3)12-8-13(17)19-14(18-12)9-5-6-11(20-4)10(16)7-9/h5-8H,1-4H3,(H2,17,18,19).